The number of carbonyl (C=O) groups excluding carboxylic acids is 1. The number of imidazole rings is 1. The zero-order chi connectivity index (χ0) is 17.4. The fourth-order valence-electron chi connectivity index (χ4n) is 3.46. The fraction of sp³-hybridized carbons (Fsp3) is 0.368. The highest BCUT2D eigenvalue weighted by atomic mass is 32.1. The molecule has 25 heavy (non-hydrogen) atoms. The Morgan fingerprint density at radius 1 is 1.40 bits per heavy atom. The van der Waals surface area contributed by atoms with E-state index in [1.807, 2.05) is 41.1 Å². The Morgan fingerprint density at radius 3 is 2.88 bits per heavy atom. The molecular formula is C19H21N3O2S. The summed E-state index contributed by atoms with van der Waals surface area (Å²) in [5.41, 5.74) is 2.73. The van der Waals surface area contributed by atoms with Crippen molar-refractivity contribution < 1.29 is 9.90 Å². The van der Waals surface area contributed by atoms with E-state index in [4.69, 9.17) is 0 Å². The summed E-state index contributed by atoms with van der Waals surface area (Å²) in [5, 5.41) is 14.7. The lowest BCUT2D eigenvalue weighted by atomic mass is 9.75. The quantitative estimate of drug-likeness (QED) is 0.740. The van der Waals surface area contributed by atoms with Crippen molar-refractivity contribution in [2.75, 3.05) is 0 Å². The van der Waals surface area contributed by atoms with E-state index in [1.54, 1.807) is 0 Å². The summed E-state index contributed by atoms with van der Waals surface area (Å²) in [4.78, 5) is 18.1. The lowest BCUT2D eigenvalue weighted by molar-refractivity contribution is 0.0238. The molecule has 6 heteroatoms. The van der Waals surface area contributed by atoms with Crippen LogP contribution in [0.25, 0.3) is 4.96 Å². The molecule has 4 rings (SSSR count). The first-order valence-electron chi connectivity index (χ1n) is 8.56. The molecule has 1 fully saturated rings. The van der Waals surface area contributed by atoms with Crippen molar-refractivity contribution in [1.82, 2.24) is 14.7 Å². The Balaban J connectivity index is 1.54. The Labute approximate surface area is 150 Å². The van der Waals surface area contributed by atoms with Crippen molar-refractivity contribution in [2.45, 2.75) is 38.3 Å². The van der Waals surface area contributed by atoms with Gasteiger partial charge < -0.3 is 10.4 Å². The van der Waals surface area contributed by atoms with Crippen molar-refractivity contribution >= 4 is 22.2 Å². The highest BCUT2D eigenvalue weighted by molar-refractivity contribution is 7.15. The normalized spacial score (nSPS) is 21.0. The van der Waals surface area contributed by atoms with Gasteiger partial charge in [-0.15, -0.1) is 11.3 Å². The number of amides is 1. The molecule has 0 bridgehead atoms. The van der Waals surface area contributed by atoms with Gasteiger partial charge >= 0.3 is 0 Å². The number of hydrogen-bond acceptors (Lipinski definition) is 4. The first-order valence-corrected chi connectivity index (χ1v) is 9.44. The van der Waals surface area contributed by atoms with Gasteiger partial charge in [0.25, 0.3) is 5.91 Å². The van der Waals surface area contributed by atoms with Gasteiger partial charge in [-0.1, -0.05) is 30.3 Å². The zero-order valence-electron chi connectivity index (χ0n) is 14.1. The monoisotopic (exact) mass is 355 g/mol. The van der Waals surface area contributed by atoms with E-state index in [9.17, 15) is 9.90 Å². The zero-order valence-corrected chi connectivity index (χ0v) is 14.9. The number of aromatic nitrogens is 2. The van der Waals surface area contributed by atoms with Gasteiger partial charge in [0.1, 0.15) is 5.69 Å². The van der Waals surface area contributed by atoms with Crippen LogP contribution in [0.2, 0.25) is 0 Å². The summed E-state index contributed by atoms with van der Waals surface area (Å²) in [7, 11) is 0. The van der Waals surface area contributed by atoms with E-state index in [-0.39, 0.29) is 18.1 Å². The number of fused-ring (bicyclic) bond motifs is 1. The molecule has 0 aliphatic heterocycles. The van der Waals surface area contributed by atoms with Gasteiger partial charge in [-0.25, -0.2) is 4.98 Å². The van der Waals surface area contributed by atoms with Gasteiger partial charge in [-0.2, -0.15) is 0 Å². The molecule has 1 atom stereocenters. The molecule has 1 aliphatic carbocycles. The second-order valence-electron chi connectivity index (χ2n) is 6.81. The maximum atomic E-state index is 12.8. The smallest absolute Gasteiger partial charge is 0.269 e. The third-order valence-corrected chi connectivity index (χ3v) is 5.74. The molecule has 1 amide bonds. The largest absolute Gasteiger partial charge is 0.393 e. The second-order valence-corrected chi connectivity index (χ2v) is 7.65. The number of benzene rings is 1. The third kappa shape index (κ3) is 3.32. The Bertz CT molecular complexity index is 881. The Kier molecular flexibility index (Phi) is 4.31. The van der Waals surface area contributed by atoms with Gasteiger partial charge in [-0.05, 0) is 37.7 Å². The number of carbonyl (C=O) groups is 1. The molecule has 1 aliphatic rings. The number of rotatable bonds is 5. The molecule has 130 valence electrons. The van der Waals surface area contributed by atoms with Crippen LogP contribution in [-0.2, 0) is 6.42 Å². The van der Waals surface area contributed by atoms with Gasteiger partial charge in [0.2, 0.25) is 0 Å². The summed E-state index contributed by atoms with van der Waals surface area (Å²) in [5.74, 6) is 0.240. The highest BCUT2D eigenvalue weighted by Gasteiger charge is 2.35. The van der Waals surface area contributed by atoms with Crippen LogP contribution in [-0.4, -0.2) is 32.5 Å². The highest BCUT2D eigenvalue weighted by Crippen LogP contribution is 2.32. The number of nitrogens with zero attached hydrogens (tertiary/aromatic N) is 2. The standard InChI is InChI=1S/C19H21N3O2S/c1-12-10-22-17(11-25-19(22)20-12)18(24)21-16(14-8-15(23)9-14)7-13-5-3-2-4-6-13/h2-6,10-11,14-16,23H,7-9H2,1H3,(H,21,24)/t14?,15?,16-/m0/s1. The number of aliphatic hydroxyl groups is 1. The third-order valence-electron chi connectivity index (χ3n) is 4.90. The van der Waals surface area contributed by atoms with Crippen molar-refractivity contribution in [1.29, 1.82) is 0 Å². The second kappa shape index (κ2) is 6.61. The predicted molar refractivity (Wildman–Crippen MR) is 97.9 cm³/mol. The van der Waals surface area contributed by atoms with E-state index in [0.717, 1.165) is 29.9 Å². The molecule has 0 radical (unpaired) electrons. The molecular weight excluding hydrogens is 334 g/mol. The molecule has 0 saturated heterocycles. The van der Waals surface area contributed by atoms with Gasteiger partial charge in [-0.3, -0.25) is 9.20 Å². The molecule has 0 spiro atoms. The summed E-state index contributed by atoms with van der Waals surface area (Å²) in [6.45, 7) is 1.93. The average Bonchev–Trinajstić information content (AvgIpc) is 3.11. The van der Waals surface area contributed by atoms with E-state index < -0.39 is 0 Å². The molecule has 2 aromatic heterocycles. The minimum atomic E-state index is -0.232. The van der Waals surface area contributed by atoms with Crippen molar-refractivity contribution in [3.8, 4) is 0 Å². The van der Waals surface area contributed by atoms with E-state index in [0.29, 0.717) is 11.6 Å². The maximum absolute atomic E-state index is 12.8. The van der Waals surface area contributed by atoms with Crippen molar-refractivity contribution in [3.63, 3.8) is 0 Å². The van der Waals surface area contributed by atoms with E-state index in [1.165, 1.54) is 16.9 Å². The number of nitrogens with one attached hydrogen (secondary N) is 1. The first kappa shape index (κ1) is 16.3. The maximum Gasteiger partial charge on any atom is 0.269 e. The van der Waals surface area contributed by atoms with Crippen LogP contribution in [0.1, 0.15) is 34.6 Å². The van der Waals surface area contributed by atoms with Gasteiger partial charge in [0, 0.05) is 17.6 Å². The topological polar surface area (TPSA) is 66.6 Å². The van der Waals surface area contributed by atoms with Crippen LogP contribution in [0.4, 0.5) is 0 Å². The minimum absolute atomic E-state index is 0.0258. The lowest BCUT2D eigenvalue weighted by Crippen LogP contribution is -2.48. The van der Waals surface area contributed by atoms with Gasteiger partial charge in [0.05, 0.1) is 11.8 Å². The summed E-state index contributed by atoms with van der Waals surface area (Å²) >= 11 is 1.47. The average molecular weight is 355 g/mol. The van der Waals surface area contributed by atoms with E-state index >= 15 is 0 Å². The molecule has 2 heterocycles. The molecule has 1 saturated carbocycles. The van der Waals surface area contributed by atoms with Crippen LogP contribution >= 0.6 is 11.3 Å². The minimum Gasteiger partial charge on any atom is -0.393 e. The van der Waals surface area contributed by atoms with E-state index in [2.05, 4.69) is 22.4 Å². The fourth-order valence-corrected chi connectivity index (χ4v) is 4.36. The number of hydrogen-bond donors (Lipinski definition) is 2. The van der Waals surface area contributed by atoms with Gasteiger partial charge in [0.15, 0.2) is 4.96 Å². The van der Waals surface area contributed by atoms with Crippen molar-refractivity contribution in [3.05, 3.63) is 58.9 Å². The first-order chi connectivity index (χ1) is 12.1. The number of thiazole rings is 1. The Morgan fingerprint density at radius 2 is 2.16 bits per heavy atom. The molecule has 2 N–H and O–H groups in total. The van der Waals surface area contributed by atoms with Crippen LogP contribution in [0.15, 0.2) is 41.9 Å². The summed E-state index contributed by atoms with van der Waals surface area (Å²) in [6, 6.07) is 10.2. The van der Waals surface area contributed by atoms with Crippen molar-refractivity contribution in [2.24, 2.45) is 5.92 Å². The number of aryl methyl sites for hydroxylation is 1. The van der Waals surface area contributed by atoms with Crippen LogP contribution in [0.5, 0.6) is 0 Å². The Hall–Kier alpha value is -2.18. The lowest BCUT2D eigenvalue weighted by Gasteiger charge is -2.38. The summed E-state index contributed by atoms with van der Waals surface area (Å²) in [6.07, 6.45) is 3.94. The number of aliphatic hydroxyl groups excluding tert-OH is 1. The molecule has 3 aromatic rings. The molecule has 5 nitrogen and oxygen atoms in total. The summed E-state index contributed by atoms with van der Waals surface area (Å²) < 4.78 is 1.85. The molecule has 1 aromatic carbocycles. The predicted octanol–water partition coefficient (Wildman–Crippen LogP) is 2.82. The van der Waals surface area contributed by atoms with Crippen LogP contribution < -0.4 is 5.32 Å². The molecule has 0 unspecified atom stereocenters. The van der Waals surface area contributed by atoms with Crippen LogP contribution in [0, 0.1) is 12.8 Å². The SMILES string of the molecule is Cc1cn2c(C(=O)N[C@@H](Cc3ccccc3)C3CC(O)C3)csc2n1. The van der Waals surface area contributed by atoms with Crippen LogP contribution in [0.3, 0.4) is 0 Å².